The molecule has 0 atom stereocenters. The molecule has 0 saturated carbocycles. The average molecular weight is 499 g/mol. The van der Waals surface area contributed by atoms with Crippen LogP contribution >= 0.6 is 11.3 Å². The van der Waals surface area contributed by atoms with Gasteiger partial charge in [0.2, 0.25) is 0 Å². The number of hydrogen-bond donors (Lipinski definition) is 0. The molecule has 0 saturated heterocycles. The first kappa shape index (κ1) is 23.6. The largest absolute Gasteiger partial charge is 0.495 e. The van der Waals surface area contributed by atoms with Gasteiger partial charge < -0.3 is 14.2 Å². The summed E-state index contributed by atoms with van der Waals surface area (Å²) in [6.07, 6.45) is 0. The maximum absolute atomic E-state index is 14.4. The van der Waals surface area contributed by atoms with Gasteiger partial charge >= 0.3 is 0 Å². The van der Waals surface area contributed by atoms with E-state index in [9.17, 15) is 4.79 Å². The predicted molar refractivity (Wildman–Crippen MR) is 145 cm³/mol. The molecule has 5 aromatic rings. The van der Waals surface area contributed by atoms with E-state index < -0.39 is 0 Å². The maximum Gasteiger partial charge on any atom is 0.264 e. The summed E-state index contributed by atoms with van der Waals surface area (Å²) in [4.78, 5) is 21.0. The summed E-state index contributed by atoms with van der Waals surface area (Å²) in [6.45, 7) is 2.71. The lowest BCUT2D eigenvalue weighted by Crippen LogP contribution is -2.31. The molecule has 36 heavy (non-hydrogen) atoms. The van der Waals surface area contributed by atoms with Gasteiger partial charge in [0, 0.05) is 0 Å². The van der Waals surface area contributed by atoms with Crippen molar-refractivity contribution in [2.24, 2.45) is 0 Å². The van der Waals surface area contributed by atoms with Crippen LogP contribution in [0.15, 0.2) is 78.9 Å². The van der Waals surface area contributed by atoms with Gasteiger partial charge in [-0.2, -0.15) is 0 Å². The van der Waals surface area contributed by atoms with E-state index in [1.165, 1.54) is 11.3 Å². The van der Waals surface area contributed by atoms with E-state index in [0.29, 0.717) is 46.6 Å². The topological polar surface area (TPSA) is 60.9 Å². The molecular formula is C29H26N2O4S. The Labute approximate surface area is 213 Å². The monoisotopic (exact) mass is 498 g/mol. The van der Waals surface area contributed by atoms with Crippen molar-refractivity contribution in [3.8, 4) is 17.2 Å². The van der Waals surface area contributed by atoms with Crippen LogP contribution in [0.25, 0.3) is 21.0 Å². The molecule has 0 fully saturated rings. The number of methoxy groups -OCH3 is 2. The number of hydrogen-bond acceptors (Lipinski definition) is 6. The number of amides is 1. The molecule has 0 aliphatic heterocycles. The maximum atomic E-state index is 14.4. The first-order valence-electron chi connectivity index (χ1n) is 11.7. The summed E-state index contributed by atoms with van der Waals surface area (Å²) < 4.78 is 17.9. The third-order valence-electron chi connectivity index (χ3n) is 5.96. The van der Waals surface area contributed by atoms with Crippen molar-refractivity contribution in [1.82, 2.24) is 4.98 Å². The van der Waals surface area contributed by atoms with E-state index in [1.807, 2.05) is 85.8 Å². The van der Waals surface area contributed by atoms with Crippen molar-refractivity contribution in [2.75, 3.05) is 25.7 Å². The van der Waals surface area contributed by atoms with E-state index in [1.54, 1.807) is 19.1 Å². The van der Waals surface area contributed by atoms with Crippen molar-refractivity contribution in [3.63, 3.8) is 0 Å². The number of benzene rings is 4. The minimum Gasteiger partial charge on any atom is -0.495 e. The average Bonchev–Trinajstić information content (AvgIpc) is 3.37. The number of ether oxygens (including phenoxy) is 3. The highest BCUT2D eigenvalue weighted by Gasteiger charge is 2.27. The molecule has 0 unspecified atom stereocenters. The van der Waals surface area contributed by atoms with E-state index in [2.05, 4.69) is 0 Å². The summed E-state index contributed by atoms with van der Waals surface area (Å²) >= 11 is 1.40. The number of anilines is 1. The number of nitrogens with zero attached hydrogens (tertiary/aromatic N) is 2. The lowest BCUT2D eigenvalue weighted by Gasteiger charge is -2.22. The number of aromatic nitrogens is 1. The van der Waals surface area contributed by atoms with Gasteiger partial charge in [0.1, 0.15) is 27.5 Å². The van der Waals surface area contributed by atoms with Crippen LogP contribution in [-0.4, -0.2) is 31.7 Å². The Kier molecular flexibility index (Phi) is 6.73. The van der Waals surface area contributed by atoms with Crippen LogP contribution in [0.5, 0.6) is 17.2 Å². The predicted octanol–water partition coefficient (Wildman–Crippen LogP) is 6.71. The standard InChI is InChI=1S/C29H26N2O4S/c1-4-35-22-15-14-20-12-8-9-13-21(20)25(22)28(32)31(18-19-10-6-5-7-11-19)29-30-26-23(33-2)16-17-24(34-3)27(26)36-29/h5-17H,4,18H2,1-3H3. The van der Waals surface area contributed by atoms with Crippen LogP contribution in [-0.2, 0) is 6.54 Å². The molecule has 0 N–H and O–H groups in total. The summed E-state index contributed by atoms with van der Waals surface area (Å²) in [5.74, 6) is 1.68. The van der Waals surface area contributed by atoms with Crippen molar-refractivity contribution < 1.29 is 19.0 Å². The van der Waals surface area contributed by atoms with Crippen LogP contribution in [0.2, 0.25) is 0 Å². The number of thiazole rings is 1. The molecule has 1 amide bonds. The fourth-order valence-electron chi connectivity index (χ4n) is 4.26. The minimum absolute atomic E-state index is 0.184. The molecule has 1 heterocycles. The van der Waals surface area contributed by atoms with Crippen molar-refractivity contribution in [3.05, 3.63) is 90.0 Å². The van der Waals surface area contributed by atoms with E-state index >= 15 is 0 Å². The Morgan fingerprint density at radius 3 is 2.31 bits per heavy atom. The van der Waals surface area contributed by atoms with Crippen LogP contribution in [0.4, 0.5) is 5.13 Å². The summed E-state index contributed by atoms with van der Waals surface area (Å²) in [6, 6.07) is 25.3. The smallest absolute Gasteiger partial charge is 0.264 e. The number of rotatable bonds is 8. The molecule has 182 valence electrons. The molecule has 0 aliphatic rings. The van der Waals surface area contributed by atoms with Gasteiger partial charge in [-0.25, -0.2) is 4.98 Å². The zero-order valence-electron chi connectivity index (χ0n) is 20.4. The van der Waals surface area contributed by atoms with Crippen molar-refractivity contribution in [2.45, 2.75) is 13.5 Å². The zero-order valence-corrected chi connectivity index (χ0v) is 21.2. The van der Waals surface area contributed by atoms with Crippen molar-refractivity contribution >= 4 is 43.4 Å². The molecule has 4 aromatic carbocycles. The fourth-order valence-corrected chi connectivity index (χ4v) is 5.34. The Hall–Kier alpha value is -4.10. The first-order valence-corrected chi connectivity index (χ1v) is 12.5. The number of carbonyl (C=O) groups excluding carboxylic acids is 1. The van der Waals surface area contributed by atoms with Gasteiger partial charge in [0.25, 0.3) is 5.91 Å². The molecule has 0 spiro atoms. The van der Waals surface area contributed by atoms with Gasteiger partial charge in [0.15, 0.2) is 5.13 Å². The van der Waals surface area contributed by atoms with E-state index in [0.717, 1.165) is 21.0 Å². The first-order chi connectivity index (χ1) is 17.6. The Morgan fingerprint density at radius 1 is 0.861 bits per heavy atom. The highest BCUT2D eigenvalue weighted by molar-refractivity contribution is 7.22. The molecule has 6 nitrogen and oxygen atoms in total. The van der Waals surface area contributed by atoms with Crippen LogP contribution in [0.1, 0.15) is 22.8 Å². The van der Waals surface area contributed by atoms with Gasteiger partial charge in [-0.3, -0.25) is 9.69 Å². The lowest BCUT2D eigenvalue weighted by atomic mass is 10.0. The van der Waals surface area contributed by atoms with Gasteiger partial charge in [-0.15, -0.1) is 0 Å². The third-order valence-corrected chi connectivity index (χ3v) is 7.06. The molecule has 7 heteroatoms. The Morgan fingerprint density at radius 2 is 1.56 bits per heavy atom. The molecule has 5 rings (SSSR count). The second kappa shape index (κ2) is 10.3. The molecule has 0 radical (unpaired) electrons. The van der Waals surface area contributed by atoms with E-state index in [-0.39, 0.29) is 5.91 Å². The summed E-state index contributed by atoms with van der Waals surface area (Å²) in [7, 11) is 3.23. The second-order valence-corrected chi connectivity index (χ2v) is 9.09. The van der Waals surface area contributed by atoms with Crippen LogP contribution < -0.4 is 19.1 Å². The van der Waals surface area contributed by atoms with Crippen LogP contribution in [0.3, 0.4) is 0 Å². The van der Waals surface area contributed by atoms with Crippen LogP contribution in [0, 0.1) is 0 Å². The summed E-state index contributed by atoms with van der Waals surface area (Å²) in [5.41, 5.74) is 2.16. The third kappa shape index (κ3) is 4.33. The van der Waals surface area contributed by atoms with E-state index in [4.69, 9.17) is 19.2 Å². The zero-order chi connectivity index (χ0) is 25.1. The normalized spacial score (nSPS) is 11.0. The lowest BCUT2D eigenvalue weighted by molar-refractivity contribution is 0.0983. The highest BCUT2D eigenvalue weighted by atomic mass is 32.1. The van der Waals surface area contributed by atoms with Crippen molar-refractivity contribution in [1.29, 1.82) is 0 Å². The van der Waals surface area contributed by atoms with Gasteiger partial charge in [0.05, 0.1) is 32.9 Å². The molecule has 0 bridgehead atoms. The molecule has 1 aromatic heterocycles. The fraction of sp³-hybridized carbons (Fsp3) is 0.172. The number of carbonyl (C=O) groups is 1. The summed E-state index contributed by atoms with van der Waals surface area (Å²) in [5, 5.41) is 2.36. The quantitative estimate of drug-likeness (QED) is 0.238. The Bertz CT molecular complexity index is 1490. The second-order valence-electron chi connectivity index (χ2n) is 8.11. The Balaban J connectivity index is 1.71. The highest BCUT2D eigenvalue weighted by Crippen LogP contribution is 2.41. The SMILES string of the molecule is CCOc1ccc2ccccc2c1C(=O)N(Cc1ccccc1)c1nc2c(OC)ccc(OC)c2s1. The van der Waals surface area contributed by atoms with Gasteiger partial charge in [-0.05, 0) is 41.5 Å². The minimum atomic E-state index is -0.184. The van der Waals surface area contributed by atoms with Gasteiger partial charge in [-0.1, -0.05) is 72.0 Å². The molecular weight excluding hydrogens is 472 g/mol. The molecule has 0 aliphatic carbocycles. The number of fused-ring (bicyclic) bond motifs is 2.